The molecule has 0 spiro atoms. The van der Waals surface area contributed by atoms with Gasteiger partial charge in [0, 0.05) is 5.92 Å². The first-order valence-corrected chi connectivity index (χ1v) is 12.0. The van der Waals surface area contributed by atoms with Crippen LogP contribution in [-0.2, 0) is 15.8 Å². The van der Waals surface area contributed by atoms with E-state index < -0.39 is 14.4 Å². The van der Waals surface area contributed by atoms with E-state index in [-0.39, 0.29) is 23.2 Å². The van der Waals surface area contributed by atoms with E-state index in [1.54, 1.807) is 0 Å². The third kappa shape index (κ3) is 4.48. The molecule has 0 unspecified atom stereocenters. The molecule has 0 aliphatic heterocycles. The fraction of sp³-hybridized carbons (Fsp3) is 0.700. The lowest BCUT2D eigenvalue weighted by Gasteiger charge is -2.36. The molecule has 1 fully saturated rings. The highest BCUT2D eigenvalue weighted by Crippen LogP contribution is 2.49. The maximum absolute atomic E-state index is 10.7. The molecule has 4 heteroatoms. The molecule has 2 rings (SSSR count). The Morgan fingerprint density at radius 1 is 1.17 bits per heavy atom. The molecular formula is C20H34O3Si. The molecule has 3 nitrogen and oxygen atoms in total. The van der Waals surface area contributed by atoms with E-state index in [1.807, 2.05) is 37.3 Å². The molecular weight excluding hydrogens is 316 g/mol. The topological polar surface area (TPSA) is 38.7 Å². The second-order valence-electron chi connectivity index (χ2n) is 8.77. The summed E-state index contributed by atoms with van der Waals surface area (Å²) in [5, 5.41) is 10.9. The number of rotatable bonds is 7. The number of hydrogen-bond acceptors (Lipinski definition) is 3. The van der Waals surface area contributed by atoms with Gasteiger partial charge in [0.2, 0.25) is 0 Å². The summed E-state index contributed by atoms with van der Waals surface area (Å²) in [6.45, 7) is 16.0. The first-order chi connectivity index (χ1) is 11.0. The molecule has 0 radical (unpaired) electrons. The van der Waals surface area contributed by atoms with Crippen LogP contribution >= 0.6 is 0 Å². The predicted octanol–water partition coefficient (Wildman–Crippen LogP) is 4.61. The summed E-state index contributed by atoms with van der Waals surface area (Å²) in [6, 6.07) is 10.1. The molecule has 0 amide bonds. The summed E-state index contributed by atoms with van der Waals surface area (Å²) in [5.41, 5.74) is 1.13. The Labute approximate surface area is 148 Å². The summed E-state index contributed by atoms with van der Waals surface area (Å²) in [7, 11) is -1.79. The van der Waals surface area contributed by atoms with Crippen molar-refractivity contribution in [1.82, 2.24) is 0 Å². The average molecular weight is 351 g/mol. The van der Waals surface area contributed by atoms with Gasteiger partial charge in [-0.3, -0.25) is 0 Å². The number of ether oxygens (including phenoxy) is 1. The Morgan fingerprint density at radius 2 is 1.75 bits per heavy atom. The molecule has 1 aromatic rings. The number of benzene rings is 1. The summed E-state index contributed by atoms with van der Waals surface area (Å²) >= 11 is 0. The van der Waals surface area contributed by atoms with Crippen molar-refractivity contribution in [3.05, 3.63) is 35.9 Å². The third-order valence-electron chi connectivity index (χ3n) is 5.83. The Morgan fingerprint density at radius 3 is 2.29 bits per heavy atom. The van der Waals surface area contributed by atoms with Gasteiger partial charge in [0.25, 0.3) is 0 Å². The van der Waals surface area contributed by atoms with Crippen LogP contribution in [0, 0.1) is 11.8 Å². The van der Waals surface area contributed by atoms with Gasteiger partial charge in [0.1, 0.15) is 0 Å². The fourth-order valence-electron chi connectivity index (χ4n) is 2.88. The normalized spacial score (nSPS) is 26.9. The van der Waals surface area contributed by atoms with Crippen LogP contribution in [0.25, 0.3) is 0 Å². The van der Waals surface area contributed by atoms with E-state index in [0.717, 1.165) is 5.56 Å². The van der Waals surface area contributed by atoms with Gasteiger partial charge in [-0.05, 0) is 36.5 Å². The van der Waals surface area contributed by atoms with E-state index in [0.29, 0.717) is 12.5 Å². The molecule has 5 atom stereocenters. The highest BCUT2D eigenvalue weighted by molar-refractivity contribution is 6.74. The van der Waals surface area contributed by atoms with Gasteiger partial charge >= 0.3 is 0 Å². The second kappa shape index (κ2) is 7.28. The zero-order valence-corrected chi connectivity index (χ0v) is 17.2. The minimum Gasteiger partial charge on any atom is -0.413 e. The summed E-state index contributed by atoms with van der Waals surface area (Å²) in [5.74, 6) is 0.585. The van der Waals surface area contributed by atoms with Crippen LogP contribution in [0.15, 0.2) is 30.3 Å². The Hall–Kier alpha value is -0.683. The average Bonchev–Trinajstić information content (AvgIpc) is 3.12. The van der Waals surface area contributed by atoms with E-state index in [9.17, 15) is 5.11 Å². The van der Waals surface area contributed by atoms with Gasteiger partial charge < -0.3 is 14.3 Å². The minimum absolute atomic E-state index is 0.170. The van der Waals surface area contributed by atoms with Crippen molar-refractivity contribution in [2.24, 2.45) is 11.8 Å². The monoisotopic (exact) mass is 350 g/mol. The van der Waals surface area contributed by atoms with Crippen LogP contribution in [0.4, 0.5) is 0 Å². The van der Waals surface area contributed by atoms with Crippen molar-refractivity contribution in [1.29, 1.82) is 0 Å². The van der Waals surface area contributed by atoms with Crippen molar-refractivity contribution in [2.75, 3.05) is 0 Å². The maximum atomic E-state index is 10.7. The van der Waals surface area contributed by atoms with Gasteiger partial charge in [-0.25, -0.2) is 0 Å². The molecule has 1 saturated carbocycles. The van der Waals surface area contributed by atoms with Crippen molar-refractivity contribution in [3.8, 4) is 0 Å². The van der Waals surface area contributed by atoms with Crippen LogP contribution in [-0.4, -0.2) is 31.7 Å². The van der Waals surface area contributed by atoms with Crippen LogP contribution in [0.1, 0.15) is 40.2 Å². The molecule has 1 aromatic carbocycles. The molecule has 24 heavy (non-hydrogen) atoms. The zero-order chi connectivity index (χ0) is 18.1. The smallest absolute Gasteiger partial charge is 0.192 e. The van der Waals surface area contributed by atoms with Crippen LogP contribution in [0.3, 0.4) is 0 Å². The number of hydrogen-bond donors (Lipinski definition) is 1. The Bertz CT molecular complexity index is 523. The van der Waals surface area contributed by atoms with Gasteiger partial charge in [-0.15, -0.1) is 0 Å². The number of aliphatic hydroxyl groups excluding tert-OH is 1. The Balaban J connectivity index is 1.87. The van der Waals surface area contributed by atoms with Crippen LogP contribution < -0.4 is 0 Å². The standard InChI is InChI=1S/C20H34O3Si/c1-14-17(19(14)23-24(6,7)20(3,4)5)18(21)15(2)22-13-16-11-9-8-10-12-16/h8-12,14-15,17-19,21H,13H2,1-7H3/t14-,15-,17+,18-,19-/m0/s1. The van der Waals surface area contributed by atoms with Crippen molar-refractivity contribution in [2.45, 2.75) is 77.7 Å². The predicted molar refractivity (Wildman–Crippen MR) is 101 cm³/mol. The first-order valence-electron chi connectivity index (χ1n) is 9.06. The molecule has 0 saturated heterocycles. The highest BCUT2D eigenvalue weighted by atomic mass is 28.4. The van der Waals surface area contributed by atoms with Gasteiger partial charge in [-0.2, -0.15) is 0 Å². The van der Waals surface area contributed by atoms with E-state index in [4.69, 9.17) is 9.16 Å². The Kier molecular flexibility index (Phi) is 5.96. The van der Waals surface area contributed by atoms with E-state index in [1.165, 1.54) is 0 Å². The molecule has 136 valence electrons. The van der Waals surface area contributed by atoms with Crippen molar-refractivity contribution < 1.29 is 14.3 Å². The number of aliphatic hydroxyl groups is 1. The molecule has 0 aromatic heterocycles. The van der Waals surface area contributed by atoms with Crippen LogP contribution in [0.2, 0.25) is 18.1 Å². The van der Waals surface area contributed by atoms with Gasteiger partial charge in [0.05, 0.1) is 24.9 Å². The summed E-state index contributed by atoms with van der Waals surface area (Å²) in [4.78, 5) is 0. The lowest BCUT2D eigenvalue weighted by atomic mass is 10.1. The fourth-order valence-corrected chi connectivity index (χ4v) is 4.28. The lowest BCUT2D eigenvalue weighted by Crippen LogP contribution is -2.42. The summed E-state index contributed by atoms with van der Waals surface area (Å²) < 4.78 is 12.4. The first kappa shape index (κ1) is 19.6. The molecule has 0 bridgehead atoms. The molecule has 1 aliphatic rings. The van der Waals surface area contributed by atoms with Gasteiger partial charge in [0.15, 0.2) is 8.32 Å². The summed E-state index contributed by atoms with van der Waals surface area (Å²) in [6.07, 6.45) is -0.493. The lowest BCUT2D eigenvalue weighted by molar-refractivity contribution is -0.0496. The van der Waals surface area contributed by atoms with Gasteiger partial charge in [-0.1, -0.05) is 58.0 Å². The molecule has 1 N–H and O–H groups in total. The second-order valence-corrected chi connectivity index (χ2v) is 13.5. The maximum Gasteiger partial charge on any atom is 0.192 e. The molecule has 0 heterocycles. The van der Waals surface area contributed by atoms with Crippen molar-refractivity contribution >= 4 is 8.32 Å². The quantitative estimate of drug-likeness (QED) is 0.730. The van der Waals surface area contributed by atoms with E-state index >= 15 is 0 Å². The third-order valence-corrected chi connectivity index (χ3v) is 10.3. The van der Waals surface area contributed by atoms with E-state index in [2.05, 4.69) is 40.8 Å². The zero-order valence-electron chi connectivity index (χ0n) is 16.2. The van der Waals surface area contributed by atoms with Crippen LogP contribution in [0.5, 0.6) is 0 Å². The largest absolute Gasteiger partial charge is 0.413 e. The molecule has 1 aliphatic carbocycles. The van der Waals surface area contributed by atoms with Crippen molar-refractivity contribution in [3.63, 3.8) is 0 Å². The SMILES string of the molecule is C[C@@H]1[C@H](O[Si](C)(C)C(C)(C)C)[C@H]1[C@@H](O)[C@H](C)OCc1ccccc1. The minimum atomic E-state index is -1.79. The highest BCUT2D eigenvalue weighted by Gasteiger charge is 2.56.